The van der Waals surface area contributed by atoms with E-state index in [9.17, 15) is 9.18 Å². The molecule has 0 radical (unpaired) electrons. The van der Waals surface area contributed by atoms with Crippen molar-refractivity contribution < 1.29 is 13.9 Å². The summed E-state index contributed by atoms with van der Waals surface area (Å²) in [5, 5.41) is 3.04. The van der Waals surface area contributed by atoms with Gasteiger partial charge in [-0.1, -0.05) is 18.5 Å². The van der Waals surface area contributed by atoms with Gasteiger partial charge in [0.05, 0.1) is 11.6 Å². The third kappa shape index (κ3) is 4.16. The summed E-state index contributed by atoms with van der Waals surface area (Å²) in [5.41, 5.74) is 0.691. The summed E-state index contributed by atoms with van der Waals surface area (Å²) in [6, 6.07) is 7.43. The summed E-state index contributed by atoms with van der Waals surface area (Å²) in [6.45, 7) is 2.57. The fraction of sp³-hybridized carbons (Fsp3) is 0.200. The number of nitrogens with zero attached hydrogens (tertiary/aromatic N) is 1. The van der Waals surface area contributed by atoms with Crippen molar-refractivity contribution >= 4 is 23.2 Å². The predicted octanol–water partition coefficient (Wildman–Crippen LogP) is 3.92. The average Bonchev–Trinajstić information content (AvgIpc) is 2.46. The molecular weight excluding hydrogens is 295 g/mol. The van der Waals surface area contributed by atoms with Crippen molar-refractivity contribution in [2.24, 2.45) is 0 Å². The van der Waals surface area contributed by atoms with E-state index in [1.807, 2.05) is 6.92 Å². The summed E-state index contributed by atoms with van der Waals surface area (Å²) < 4.78 is 18.4. The van der Waals surface area contributed by atoms with Crippen molar-refractivity contribution in [2.75, 3.05) is 11.9 Å². The summed E-state index contributed by atoms with van der Waals surface area (Å²) in [6.07, 6.45) is 2.11. The van der Waals surface area contributed by atoms with Gasteiger partial charge in [-0.25, -0.2) is 4.98 Å². The van der Waals surface area contributed by atoms with Crippen molar-refractivity contribution in [3.8, 4) is 5.75 Å². The largest absolute Gasteiger partial charge is 0.492 e. The molecule has 0 aliphatic carbocycles. The molecule has 0 spiro atoms. The molecule has 0 atom stereocenters. The number of rotatable bonds is 5. The van der Waals surface area contributed by atoms with Gasteiger partial charge in [-0.3, -0.25) is 4.79 Å². The second-order valence-electron chi connectivity index (χ2n) is 4.32. The van der Waals surface area contributed by atoms with Gasteiger partial charge in [-0.2, -0.15) is 4.39 Å². The SMILES string of the molecule is CCCOc1ccc(NC(=O)c2ccnc(F)c2)cc1Cl. The Morgan fingerprint density at radius 3 is 2.86 bits per heavy atom. The van der Waals surface area contributed by atoms with Gasteiger partial charge < -0.3 is 10.1 Å². The maximum atomic E-state index is 13.0. The highest BCUT2D eigenvalue weighted by atomic mass is 35.5. The van der Waals surface area contributed by atoms with Gasteiger partial charge >= 0.3 is 0 Å². The molecule has 4 nitrogen and oxygen atoms in total. The monoisotopic (exact) mass is 308 g/mol. The van der Waals surface area contributed by atoms with Gasteiger partial charge in [0, 0.05) is 23.5 Å². The van der Waals surface area contributed by atoms with Crippen LogP contribution in [0.2, 0.25) is 5.02 Å². The Bertz CT molecular complexity index is 649. The lowest BCUT2D eigenvalue weighted by Crippen LogP contribution is -2.12. The predicted molar refractivity (Wildman–Crippen MR) is 79.4 cm³/mol. The Morgan fingerprint density at radius 2 is 2.19 bits per heavy atom. The molecule has 2 rings (SSSR count). The first-order valence-electron chi connectivity index (χ1n) is 6.45. The fourth-order valence-corrected chi connectivity index (χ4v) is 1.89. The minimum atomic E-state index is -0.705. The molecule has 0 unspecified atom stereocenters. The smallest absolute Gasteiger partial charge is 0.255 e. The normalized spacial score (nSPS) is 10.2. The van der Waals surface area contributed by atoms with Crippen molar-refractivity contribution in [3.63, 3.8) is 0 Å². The molecule has 2 aromatic rings. The molecule has 0 saturated carbocycles. The number of anilines is 1. The third-order valence-corrected chi connectivity index (χ3v) is 2.94. The minimum absolute atomic E-state index is 0.185. The lowest BCUT2D eigenvalue weighted by atomic mass is 10.2. The van der Waals surface area contributed by atoms with Crippen LogP contribution in [0.1, 0.15) is 23.7 Å². The molecule has 1 N–H and O–H groups in total. The van der Waals surface area contributed by atoms with E-state index in [0.717, 1.165) is 12.5 Å². The Morgan fingerprint density at radius 1 is 1.38 bits per heavy atom. The molecule has 21 heavy (non-hydrogen) atoms. The fourth-order valence-electron chi connectivity index (χ4n) is 1.65. The maximum absolute atomic E-state index is 13.0. The molecule has 0 aliphatic rings. The number of carbonyl (C=O) groups excluding carboxylic acids is 1. The van der Waals surface area contributed by atoms with Crippen LogP contribution in [0.5, 0.6) is 5.75 Å². The van der Waals surface area contributed by atoms with Crippen LogP contribution in [0.3, 0.4) is 0 Å². The van der Waals surface area contributed by atoms with E-state index in [1.165, 1.54) is 12.3 Å². The number of nitrogens with one attached hydrogen (secondary N) is 1. The quantitative estimate of drug-likeness (QED) is 0.852. The maximum Gasteiger partial charge on any atom is 0.255 e. The highest BCUT2D eigenvalue weighted by Crippen LogP contribution is 2.28. The van der Waals surface area contributed by atoms with E-state index in [1.54, 1.807) is 18.2 Å². The molecule has 1 aromatic carbocycles. The van der Waals surface area contributed by atoms with Crippen molar-refractivity contribution in [1.29, 1.82) is 0 Å². The highest BCUT2D eigenvalue weighted by molar-refractivity contribution is 6.32. The van der Waals surface area contributed by atoms with Crippen LogP contribution >= 0.6 is 11.6 Å². The van der Waals surface area contributed by atoms with Crippen molar-refractivity contribution in [1.82, 2.24) is 4.98 Å². The zero-order chi connectivity index (χ0) is 15.2. The number of hydrogen-bond acceptors (Lipinski definition) is 3. The Labute approximate surface area is 126 Å². The van der Waals surface area contributed by atoms with Crippen LogP contribution < -0.4 is 10.1 Å². The molecule has 1 aromatic heterocycles. The molecule has 0 aliphatic heterocycles. The first-order valence-corrected chi connectivity index (χ1v) is 6.83. The number of halogens is 2. The molecule has 0 bridgehead atoms. The van der Waals surface area contributed by atoms with E-state index < -0.39 is 11.9 Å². The lowest BCUT2D eigenvalue weighted by Gasteiger charge is -2.09. The molecular formula is C15H14ClFN2O2. The van der Waals surface area contributed by atoms with Crippen LogP contribution in [0.25, 0.3) is 0 Å². The van der Waals surface area contributed by atoms with Gasteiger partial charge in [-0.15, -0.1) is 0 Å². The second kappa shape index (κ2) is 7.04. The topological polar surface area (TPSA) is 51.2 Å². The highest BCUT2D eigenvalue weighted by Gasteiger charge is 2.09. The zero-order valence-electron chi connectivity index (χ0n) is 11.4. The van der Waals surface area contributed by atoms with Gasteiger partial charge in [-0.05, 0) is 30.7 Å². The van der Waals surface area contributed by atoms with E-state index in [0.29, 0.717) is 23.1 Å². The Balaban J connectivity index is 2.09. The summed E-state index contributed by atoms with van der Waals surface area (Å²) in [7, 11) is 0. The van der Waals surface area contributed by atoms with E-state index in [2.05, 4.69) is 10.3 Å². The lowest BCUT2D eigenvalue weighted by molar-refractivity contribution is 0.102. The standard InChI is InChI=1S/C15H14ClFN2O2/c1-2-7-21-13-4-3-11(9-12(13)16)19-15(20)10-5-6-18-14(17)8-10/h3-6,8-9H,2,7H2,1H3,(H,19,20). The molecule has 1 heterocycles. The molecule has 1 amide bonds. The number of carbonyl (C=O) groups is 1. The molecule has 0 fully saturated rings. The number of hydrogen-bond donors (Lipinski definition) is 1. The van der Waals surface area contributed by atoms with Crippen LogP contribution in [-0.2, 0) is 0 Å². The van der Waals surface area contributed by atoms with Crippen molar-refractivity contribution in [2.45, 2.75) is 13.3 Å². The number of amides is 1. The van der Waals surface area contributed by atoms with Gasteiger partial charge in [0.15, 0.2) is 0 Å². The Hall–Kier alpha value is -2.14. The van der Waals surface area contributed by atoms with E-state index >= 15 is 0 Å². The number of benzene rings is 1. The molecule has 6 heteroatoms. The number of pyridine rings is 1. The van der Waals surface area contributed by atoms with Crippen LogP contribution in [0, 0.1) is 5.95 Å². The third-order valence-electron chi connectivity index (χ3n) is 2.64. The van der Waals surface area contributed by atoms with Crippen molar-refractivity contribution in [3.05, 3.63) is 53.1 Å². The van der Waals surface area contributed by atoms with Gasteiger partial charge in [0.1, 0.15) is 5.75 Å². The first kappa shape index (κ1) is 15.3. The minimum Gasteiger partial charge on any atom is -0.492 e. The average molecular weight is 309 g/mol. The van der Waals surface area contributed by atoms with Gasteiger partial charge in [0.25, 0.3) is 5.91 Å². The van der Waals surface area contributed by atoms with E-state index in [-0.39, 0.29) is 5.56 Å². The van der Waals surface area contributed by atoms with Gasteiger partial charge in [0.2, 0.25) is 5.95 Å². The zero-order valence-corrected chi connectivity index (χ0v) is 12.2. The molecule has 0 saturated heterocycles. The Kier molecular flexibility index (Phi) is 5.11. The van der Waals surface area contributed by atoms with E-state index in [4.69, 9.17) is 16.3 Å². The molecule has 110 valence electrons. The van der Waals surface area contributed by atoms with Crippen LogP contribution in [0.4, 0.5) is 10.1 Å². The van der Waals surface area contributed by atoms with Crippen LogP contribution in [-0.4, -0.2) is 17.5 Å². The number of aromatic nitrogens is 1. The first-order chi connectivity index (χ1) is 10.1. The second-order valence-corrected chi connectivity index (χ2v) is 4.72. The summed E-state index contributed by atoms with van der Waals surface area (Å²) >= 11 is 6.07. The summed E-state index contributed by atoms with van der Waals surface area (Å²) in [5.74, 6) is -0.579. The number of ether oxygens (including phenoxy) is 1. The van der Waals surface area contributed by atoms with Crippen LogP contribution in [0.15, 0.2) is 36.5 Å². The summed E-state index contributed by atoms with van der Waals surface area (Å²) in [4.78, 5) is 15.4.